The summed E-state index contributed by atoms with van der Waals surface area (Å²) in [6, 6.07) is 3.84. The lowest BCUT2D eigenvalue weighted by Crippen LogP contribution is -2.40. The lowest BCUT2D eigenvalue weighted by Gasteiger charge is -2.11. The number of hydrogen-bond acceptors (Lipinski definition) is 3. The van der Waals surface area contributed by atoms with Gasteiger partial charge in [-0.3, -0.25) is 4.79 Å². The number of amides is 1. The van der Waals surface area contributed by atoms with Crippen molar-refractivity contribution in [1.82, 2.24) is 15.2 Å². The standard InChI is InChI=1S/C12H19N3O2/c1-15-5-3-4-9(15)7-14-12(16)11-6-10(17-2)8-13-11/h3-5,10-11,13H,6-8H2,1-2H3,(H,14,16). The molecule has 0 saturated carbocycles. The molecule has 1 aromatic rings. The molecule has 0 radical (unpaired) electrons. The predicted octanol–water partition coefficient (Wildman–Crippen LogP) is 0.0182. The SMILES string of the molecule is COC1CNC(C(=O)NCc2cccn2C)C1. The molecule has 1 fully saturated rings. The van der Waals surface area contributed by atoms with Crippen LogP contribution < -0.4 is 10.6 Å². The van der Waals surface area contributed by atoms with Crippen LogP contribution in [0, 0.1) is 0 Å². The Bertz CT molecular complexity index is 389. The number of rotatable bonds is 4. The molecule has 2 unspecified atom stereocenters. The van der Waals surface area contributed by atoms with E-state index < -0.39 is 0 Å². The van der Waals surface area contributed by atoms with Gasteiger partial charge in [-0.15, -0.1) is 0 Å². The lowest BCUT2D eigenvalue weighted by atomic mass is 10.2. The molecule has 0 bridgehead atoms. The second-order valence-electron chi connectivity index (χ2n) is 4.38. The molecule has 1 aliphatic rings. The Kier molecular flexibility index (Phi) is 3.81. The van der Waals surface area contributed by atoms with Crippen LogP contribution in [0.3, 0.4) is 0 Å². The average molecular weight is 237 g/mol. The van der Waals surface area contributed by atoms with E-state index in [0.717, 1.165) is 18.7 Å². The van der Waals surface area contributed by atoms with Crippen molar-refractivity contribution in [3.8, 4) is 0 Å². The van der Waals surface area contributed by atoms with Crippen molar-refractivity contribution in [3.05, 3.63) is 24.0 Å². The third-order valence-electron chi connectivity index (χ3n) is 3.24. The topological polar surface area (TPSA) is 55.3 Å². The number of carbonyl (C=O) groups is 1. The number of aromatic nitrogens is 1. The van der Waals surface area contributed by atoms with Crippen molar-refractivity contribution in [2.45, 2.75) is 25.1 Å². The minimum Gasteiger partial charge on any atom is -0.380 e. The van der Waals surface area contributed by atoms with Crippen LogP contribution in [0.5, 0.6) is 0 Å². The molecule has 2 N–H and O–H groups in total. The van der Waals surface area contributed by atoms with Gasteiger partial charge in [-0.1, -0.05) is 0 Å². The fraction of sp³-hybridized carbons (Fsp3) is 0.583. The summed E-state index contributed by atoms with van der Waals surface area (Å²) in [5.74, 6) is 0.0470. The van der Waals surface area contributed by atoms with Gasteiger partial charge in [0.2, 0.25) is 5.91 Å². The first-order valence-electron chi connectivity index (χ1n) is 5.85. The van der Waals surface area contributed by atoms with Gasteiger partial charge in [-0.25, -0.2) is 0 Å². The minimum atomic E-state index is -0.125. The number of nitrogens with zero attached hydrogens (tertiary/aromatic N) is 1. The first-order chi connectivity index (χ1) is 8.20. The molecule has 1 aliphatic heterocycles. The monoisotopic (exact) mass is 237 g/mol. The van der Waals surface area contributed by atoms with E-state index in [1.165, 1.54) is 0 Å². The zero-order valence-electron chi connectivity index (χ0n) is 10.3. The van der Waals surface area contributed by atoms with Crippen LogP contribution >= 0.6 is 0 Å². The van der Waals surface area contributed by atoms with Crippen molar-refractivity contribution in [1.29, 1.82) is 0 Å². The van der Waals surface area contributed by atoms with Crippen molar-refractivity contribution >= 4 is 5.91 Å². The van der Waals surface area contributed by atoms with Crippen LogP contribution in [0.1, 0.15) is 12.1 Å². The van der Waals surface area contributed by atoms with Crippen molar-refractivity contribution in [2.24, 2.45) is 7.05 Å². The van der Waals surface area contributed by atoms with E-state index in [2.05, 4.69) is 10.6 Å². The molecule has 1 saturated heterocycles. The van der Waals surface area contributed by atoms with Crippen LogP contribution in [0.15, 0.2) is 18.3 Å². The van der Waals surface area contributed by atoms with E-state index in [9.17, 15) is 4.79 Å². The summed E-state index contributed by atoms with van der Waals surface area (Å²) in [6.45, 7) is 1.32. The maximum Gasteiger partial charge on any atom is 0.237 e. The fourth-order valence-electron chi connectivity index (χ4n) is 2.06. The summed E-state index contributed by atoms with van der Waals surface area (Å²) in [4.78, 5) is 11.9. The number of ether oxygens (including phenoxy) is 1. The third-order valence-corrected chi connectivity index (χ3v) is 3.24. The van der Waals surface area contributed by atoms with Gasteiger partial charge in [0.05, 0.1) is 18.7 Å². The summed E-state index contributed by atoms with van der Waals surface area (Å²) in [5.41, 5.74) is 1.10. The highest BCUT2D eigenvalue weighted by atomic mass is 16.5. The molecule has 2 heterocycles. The summed E-state index contributed by atoms with van der Waals surface area (Å²) in [7, 11) is 3.65. The highest BCUT2D eigenvalue weighted by Crippen LogP contribution is 2.09. The minimum absolute atomic E-state index is 0.0470. The number of carbonyl (C=O) groups excluding carboxylic acids is 1. The quantitative estimate of drug-likeness (QED) is 0.776. The third kappa shape index (κ3) is 2.87. The summed E-state index contributed by atoms with van der Waals surface area (Å²) in [5, 5.41) is 6.09. The second-order valence-corrected chi connectivity index (χ2v) is 4.38. The molecule has 0 aromatic carbocycles. The first kappa shape index (κ1) is 12.1. The average Bonchev–Trinajstić information content (AvgIpc) is 2.94. The highest BCUT2D eigenvalue weighted by Gasteiger charge is 2.28. The molecule has 5 heteroatoms. The molecule has 94 valence electrons. The van der Waals surface area contributed by atoms with Crippen molar-refractivity contribution < 1.29 is 9.53 Å². The largest absolute Gasteiger partial charge is 0.380 e. The van der Waals surface area contributed by atoms with Crippen LogP contribution in [-0.2, 0) is 23.1 Å². The molecule has 5 nitrogen and oxygen atoms in total. The van der Waals surface area contributed by atoms with E-state index >= 15 is 0 Å². The first-order valence-corrected chi connectivity index (χ1v) is 5.85. The summed E-state index contributed by atoms with van der Waals surface area (Å²) >= 11 is 0. The molecule has 1 aromatic heterocycles. The number of hydrogen-bond donors (Lipinski definition) is 2. The van der Waals surface area contributed by atoms with Crippen LogP contribution in [0.4, 0.5) is 0 Å². The Hall–Kier alpha value is -1.33. The van der Waals surface area contributed by atoms with E-state index in [1.54, 1.807) is 7.11 Å². The summed E-state index contributed by atoms with van der Waals surface area (Å²) < 4.78 is 7.21. The Morgan fingerprint density at radius 2 is 2.53 bits per heavy atom. The molecule has 2 rings (SSSR count). The number of methoxy groups -OCH3 is 1. The molecular formula is C12H19N3O2. The van der Waals surface area contributed by atoms with E-state index in [1.807, 2.05) is 29.9 Å². The van der Waals surface area contributed by atoms with Gasteiger partial charge in [-0.05, 0) is 18.6 Å². The molecular weight excluding hydrogens is 218 g/mol. The Balaban J connectivity index is 1.80. The molecule has 0 aliphatic carbocycles. The van der Waals surface area contributed by atoms with E-state index in [0.29, 0.717) is 6.54 Å². The summed E-state index contributed by atoms with van der Waals surface area (Å²) in [6.07, 6.45) is 2.87. The van der Waals surface area contributed by atoms with E-state index in [-0.39, 0.29) is 18.1 Å². The second kappa shape index (κ2) is 5.33. The van der Waals surface area contributed by atoms with Crippen molar-refractivity contribution in [3.63, 3.8) is 0 Å². The Morgan fingerprint density at radius 3 is 3.12 bits per heavy atom. The van der Waals surface area contributed by atoms with Gasteiger partial charge >= 0.3 is 0 Å². The fourth-order valence-corrected chi connectivity index (χ4v) is 2.06. The smallest absolute Gasteiger partial charge is 0.237 e. The normalized spacial score (nSPS) is 23.9. The molecule has 1 amide bonds. The Labute approximate surface area is 101 Å². The molecule has 2 atom stereocenters. The Morgan fingerprint density at radius 1 is 1.71 bits per heavy atom. The van der Waals surface area contributed by atoms with Crippen LogP contribution in [0.25, 0.3) is 0 Å². The van der Waals surface area contributed by atoms with Gasteiger partial charge in [0.1, 0.15) is 0 Å². The predicted molar refractivity (Wildman–Crippen MR) is 64.5 cm³/mol. The number of aryl methyl sites for hydroxylation is 1. The molecule has 17 heavy (non-hydrogen) atoms. The number of nitrogens with one attached hydrogen (secondary N) is 2. The maximum atomic E-state index is 11.9. The zero-order valence-corrected chi connectivity index (χ0v) is 10.3. The zero-order chi connectivity index (χ0) is 12.3. The van der Waals surface area contributed by atoms with Crippen LogP contribution in [-0.4, -0.2) is 36.3 Å². The van der Waals surface area contributed by atoms with E-state index in [4.69, 9.17) is 4.74 Å². The van der Waals surface area contributed by atoms with Crippen molar-refractivity contribution in [2.75, 3.05) is 13.7 Å². The van der Waals surface area contributed by atoms with Gasteiger partial charge in [0, 0.05) is 32.6 Å². The van der Waals surface area contributed by atoms with Gasteiger partial charge < -0.3 is 19.9 Å². The highest BCUT2D eigenvalue weighted by molar-refractivity contribution is 5.82. The molecule has 0 spiro atoms. The van der Waals surface area contributed by atoms with Gasteiger partial charge in [0.15, 0.2) is 0 Å². The van der Waals surface area contributed by atoms with Crippen LogP contribution in [0.2, 0.25) is 0 Å². The van der Waals surface area contributed by atoms with Gasteiger partial charge in [-0.2, -0.15) is 0 Å². The lowest BCUT2D eigenvalue weighted by molar-refractivity contribution is -0.123. The van der Waals surface area contributed by atoms with Gasteiger partial charge in [0.25, 0.3) is 0 Å². The maximum absolute atomic E-state index is 11.9.